The van der Waals surface area contributed by atoms with E-state index in [2.05, 4.69) is 16.6 Å². The molecule has 1 aliphatic rings. The lowest BCUT2D eigenvalue weighted by Crippen LogP contribution is -2.42. The maximum absolute atomic E-state index is 15.1. The van der Waals surface area contributed by atoms with E-state index in [1.165, 1.54) is 12.1 Å². The third-order valence-corrected chi connectivity index (χ3v) is 11.2. The van der Waals surface area contributed by atoms with Crippen molar-refractivity contribution in [2.45, 2.75) is 60.0 Å². The maximum atomic E-state index is 15.1. The molecule has 1 unspecified atom stereocenters. The zero-order chi connectivity index (χ0) is 38.0. The Labute approximate surface area is 316 Å². The lowest BCUT2D eigenvalue weighted by molar-refractivity contribution is -0.118. The lowest BCUT2D eigenvalue weighted by Gasteiger charge is -2.34. The molecule has 7 rings (SSSR count). The number of benzene rings is 3. The quantitative estimate of drug-likeness (QED) is 0.136. The molecule has 0 saturated heterocycles. The first kappa shape index (κ1) is 36.1. The van der Waals surface area contributed by atoms with Crippen molar-refractivity contribution in [2.24, 2.45) is 12.8 Å². The van der Waals surface area contributed by atoms with Gasteiger partial charge in [-0.2, -0.15) is 5.10 Å². The second kappa shape index (κ2) is 13.6. The van der Waals surface area contributed by atoms with Crippen LogP contribution in [0.15, 0.2) is 48.7 Å². The second-order valence-corrected chi connectivity index (χ2v) is 14.7. The summed E-state index contributed by atoms with van der Waals surface area (Å²) >= 11 is 13.5. The van der Waals surface area contributed by atoms with Gasteiger partial charge in [0.25, 0.3) is 5.91 Å². The number of carboxylic acids is 1. The van der Waals surface area contributed by atoms with E-state index in [1.807, 2.05) is 63.7 Å². The Morgan fingerprint density at radius 2 is 1.74 bits per heavy atom. The number of fused-ring (bicyclic) bond motifs is 4. The van der Waals surface area contributed by atoms with Gasteiger partial charge in [-0.3, -0.25) is 14.3 Å². The summed E-state index contributed by atoms with van der Waals surface area (Å²) in [6, 6.07) is 12.1. The fourth-order valence-corrected chi connectivity index (χ4v) is 8.22. The van der Waals surface area contributed by atoms with Crippen LogP contribution >= 0.6 is 23.2 Å². The predicted octanol–water partition coefficient (Wildman–Crippen LogP) is 7.95. The number of rotatable bonds is 10. The first-order valence-corrected chi connectivity index (χ1v) is 18.1. The van der Waals surface area contributed by atoms with Crippen LogP contribution in [-0.2, 0) is 24.8 Å². The van der Waals surface area contributed by atoms with Crippen molar-refractivity contribution in [1.29, 1.82) is 0 Å². The van der Waals surface area contributed by atoms with E-state index in [-0.39, 0.29) is 30.6 Å². The summed E-state index contributed by atoms with van der Waals surface area (Å²) < 4.78 is 11.8. The zero-order valence-corrected chi connectivity index (χ0v) is 31.9. The fourth-order valence-electron chi connectivity index (χ4n) is 7.86. The Bertz CT molecular complexity index is 2490. The third-order valence-electron chi connectivity index (χ3n) is 10.3. The molecule has 0 fully saturated rings. The minimum atomic E-state index is -1.10. The molecule has 2 amide bonds. The van der Waals surface area contributed by atoms with Gasteiger partial charge in [-0.1, -0.05) is 29.3 Å². The van der Waals surface area contributed by atoms with Crippen molar-refractivity contribution < 1.29 is 24.2 Å². The molecule has 6 aromatic rings. The molecule has 53 heavy (non-hydrogen) atoms. The summed E-state index contributed by atoms with van der Waals surface area (Å²) in [7, 11) is 1.90. The first-order chi connectivity index (χ1) is 25.2. The van der Waals surface area contributed by atoms with Gasteiger partial charge in [-0.25, -0.2) is 4.79 Å². The molecule has 13 heteroatoms. The number of ether oxygens (including phenoxy) is 1. The number of halogens is 2. The number of amides is 2. The van der Waals surface area contributed by atoms with Crippen molar-refractivity contribution in [3.63, 3.8) is 0 Å². The van der Waals surface area contributed by atoms with E-state index < -0.39 is 11.9 Å². The van der Waals surface area contributed by atoms with Gasteiger partial charge >= 0.3 is 5.97 Å². The largest absolute Gasteiger partial charge is 0.494 e. The molecule has 4 heterocycles. The minimum Gasteiger partial charge on any atom is -0.494 e. The molecular weight excluding hydrogens is 715 g/mol. The van der Waals surface area contributed by atoms with Crippen LogP contribution in [0.2, 0.25) is 10.0 Å². The van der Waals surface area contributed by atoms with Crippen LogP contribution in [0.3, 0.4) is 0 Å². The van der Waals surface area contributed by atoms with Crippen LogP contribution in [0, 0.1) is 27.7 Å². The topological polar surface area (TPSA) is 138 Å². The molecule has 11 nitrogen and oxygen atoms in total. The average molecular weight is 756 g/mol. The SMILES string of the molecule is Cc1cc(OCCCc2c3n(c4c(-c5c(C)nn(C)c5C)c(Cl)ccc24)C(C)CN(c2cn(CC(N)=O)c4ccc(C(=O)O)cc24)C3=O)cc(C)c1Cl. The van der Waals surface area contributed by atoms with Gasteiger partial charge in [0.2, 0.25) is 5.91 Å². The summed E-state index contributed by atoms with van der Waals surface area (Å²) in [5, 5.41) is 17.2. The van der Waals surface area contributed by atoms with Crippen LogP contribution in [0.1, 0.15) is 68.3 Å². The number of carbonyl (C=O) groups excluding carboxylic acids is 2. The van der Waals surface area contributed by atoms with Gasteiger partial charge in [0.15, 0.2) is 0 Å². The number of primary amides is 1. The average Bonchev–Trinajstić information content (AvgIpc) is 3.71. The minimum absolute atomic E-state index is 0.0652. The van der Waals surface area contributed by atoms with E-state index in [0.717, 1.165) is 55.9 Å². The number of hydrogen-bond donors (Lipinski definition) is 2. The van der Waals surface area contributed by atoms with E-state index in [1.54, 1.807) is 21.7 Å². The Hall–Kier alpha value is -5.26. The van der Waals surface area contributed by atoms with E-state index in [0.29, 0.717) is 51.8 Å². The Morgan fingerprint density at radius 3 is 2.38 bits per heavy atom. The van der Waals surface area contributed by atoms with Crippen molar-refractivity contribution in [3.8, 4) is 16.9 Å². The van der Waals surface area contributed by atoms with Gasteiger partial charge in [-0.15, -0.1) is 0 Å². The smallest absolute Gasteiger partial charge is 0.335 e. The number of carbonyl (C=O) groups is 3. The molecule has 274 valence electrons. The summed E-state index contributed by atoms with van der Waals surface area (Å²) in [5.41, 5.74) is 14.4. The maximum Gasteiger partial charge on any atom is 0.335 e. The highest BCUT2D eigenvalue weighted by molar-refractivity contribution is 6.35. The Kier molecular flexibility index (Phi) is 9.28. The summed E-state index contributed by atoms with van der Waals surface area (Å²) in [6.45, 7) is 10.5. The Morgan fingerprint density at radius 1 is 1.02 bits per heavy atom. The molecule has 0 aliphatic carbocycles. The molecule has 0 spiro atoms. The number of aryl methyl sites for hydroxylation is 5. The summed E-state index contributed by atoms with van der Waals surface area (Å²) in [4.78, 5) is 40.9. The number of hydrogen-bond acceptors (Lipinski definition) is 5. The molecule has 3 N–H and O–H groups in total. The summed E-state index contributed by atoms with van der Waals surface area (Å²) in [6.07, 6.45) is 2.84. The number of aromatic carboxylic acids is 1. The second-order valence-electron chi connectivity index (χ2n) is 13.9. The van der Waals surface area contributed by atoms with Crippen LogP contribution in [0.4, 0.5) is 5.69 Å². The van der Waals surface area contributed by atoms with Crippen LogP contribution in [0.5, 0.6) is 5.75 Å². The van der Waals surface area contributed by atoms with Crippen LogP contribution < -0.4 is 15.4 Å². The number of anilines is 1. The summed E-state index contributed by atoms with van der Waals surface area (Å²) in [5.74, 6) is -1.18. The number of carboxylic acid groups (broad SMARTS) is 1. The van der Waals surface area contributed by atoms with Gasteiger partial charge in [0.1, 0.15) is 18.0 Å². The van der Waals surface area contributed by atoms with Gasteiger partial charge in [0.05, 0.1) is 39.6 Å². The first-order valence-electron chi connectivity index (χ1n) is 17.4. The van der Waals surface area contributed by atoms with Gasteiger partial charge in [0, 0.05) is 58.4 Å². The van der Waals surface area contributed by atoms with Gasteiger partial charge in [-0.05, 0) is 101 Å². The monoisotopic (exact) mass is 754 g/mol. The number of aromatic nitrogens is 4. The van der Waals surface area contributed by atoms with Gasteiger partial charge < -0.3 is 29.6 Å². The zero-order valence-electron chi connectivity index (χ0n) is 30.4. The fraction of sp³-hybridized carbons (Fsp3) is 0.300. The predicted molar refractivity (Wildman–Crippen MR) is 208 cm³/mol. The highest BCUT2D eigenvalue weighted by Crippen LogP contribution is 2.46. The highest BCUT2D eigenvalue weighted by atomic mass is 35.5. The van der Waals surface area contributed by atoms with E-state index in [9.17, 15) is 14.7 Å². The highest BCUT2D eigenvalue weighted by Gasteiger charge is 2.38. The molecule has 0 bridgehead atoms. The molecular formula is C40H40Cl2N6O5. The van der Waals surface area contributed by atoms with E-state index >= 15 is 4.79 Å². The van der Waals surface area contributed by atoms with Crippen molar-refractivity contribution in [2.75, 3.05) is 18.1 Å². The Balaban J connectivity index is 1.39. The van der Waals surface area contributed by atoms with Crippen molar-refractivity contribution >= 4 is 68.5 Å². The van der Waals surface area contributed by atoms with Crippen molar-refractivity contribution in [1.82, 2.24) is 18.9 Å². The van der Waals surface area contributed by atoms with Crippen molar-refractivity contribution in [3.05, 3.63) is 98.0 Å². The number of nitrogens with two attached hydrogens (primary N) is 1. The molecule has 1 aliphatic heterocycles. The molecule has 3 aromatic carbocycles. The molecule has 1 atom stereocenters. The lowest BCUT2D eigenvalue weighted by atomic mass is 9.98. The number of nitrogens with zero attached hydrogens (tertiary/aromatic N) is 5. The molecule has 0 radical (unpaired) electrons. The molecule has 0 saturated carbocycles. The normalized spacial score (nSPS) is 14.4. The van der Waals surface area contributed by atoms with E-state index in [4.69, 9.17) is 33.7 Å². The van der Waals surface area contributed by atoms with Crippen LogP contribution in [-0.4, -0.2) is 55.0 Å². The third kappa shape index (κ3) is 6.11. The van der Waals surface area contributed by atoms with Crippen LogP contribution in [0.25, 0.3) is 32.9 Å². The standard InChI is InChI=1S/C40H40Cl2N6O5/c1-20-14-26(15-21(2)36(20)42)53-13-7-8-27-28-10-11-30(41)35(34-23(4)44-45(6)24(34)5)37(28)48-22(3)17-47(39(50)38(27)48)32-18-46(19-33(43)49)31-12-9-25(40(51)52)16-29(31)32/h9-12,14-16,18,22H,7-8,13,17,19H2,1-6H3,(H2,43,49)(H,51,52). The molecule has 3 aromatic heterocycles.